The number of piperidine rings is 1. The molecular weight excluding hydrogens is 230 g/mol. The molecule has 1 aliphatic rings. The Morgan fingerprint density at radius 3 is 2.89 bits per heavy atom. The summed E-state index contributed by atoms with van der Waals surface area (Å²) in [5.41, 5.74) is -0.110. The van der Waals surface area contributed by atoms with Gasteiger partial charge in [0.1, 0.15) is 6.29 Å². The number of nitrogens with zero attached hydrogens (tertiary/aromatic N) is 3. The lowest BCUT2D eigenvalue weighted by molar-refractivity contribution is -0.109. The largest absolute Gasteiger partial charge is 0.342 e. The van der Waals surface area contributed by atoms with Crippen LogP contribution >= 0.6 is 0 Å². The summed E-state index contributed by atoms with van der Waals surface area (Å²) >= 11 is 0. The van der Waals surface area contributed by atoms with Gasteiger partial charge in [0.15, 0.2) is 5.82 Å². The summed E-state index contributed by atoms with van der Waals surface area (Å²) in [7, 11) is 0. The molecule has 1 fully saturated rings. The Morgan fingerprint density at radius 1 is 1.44 bits per heavy atom. The minimum Gasteiger partial charge on any atom is -0.342 e. The highest BCUT2D eigenvalue weighted by Gasteiger charge is 2.25. The van der Waals surface area contributed by atoms with Gasteiger partial charge in [0, 0.05) is 25.0 Å². The van der Waals surface area contributed by atoms with E-state index in [4.69, 9.17) is 0 Å². The molecule has 0 bridgehead atoms. The van der Waals surface area contributed by atoms with Crippen LogP contribution in [0.2, 0.25) is 0 Å². The number of hydrogen-bond acceptors (Lipinski definition) is 4. The van der Waals surface area contributed by atoms with Gasteiger partial charge in [-0.05, 0) is 33.1 Å². The Labute approximate surface area is 106 Å². The van der Waals surface area contributed by atoms with Crippen LogP contribution in [0.3, 0.4) is 0 Å². The Bertz CT molecular complexity index is 481. The molecule has 1 aromatic heterocycles. The van der Waals surface area contributed by atoms with Crippen molar-refractivity contribution in [3.05, 3.63) is 22.7 Å². The third-order valence-corrected chi connectivity index (χ3v) is 3.38. The van der Waals surface area contributed by atoms with E-state index in [9.17, 15) is 9.59 Å². The summed E-state index contributed by atoms with van der Waals surface area (Å²) in [6.07, 6.45) is 7.09. The highest BCUT2D eigenvalue weighted by Crippen LogP contribution is 2.19. The van der Waals surface area contributed by atoms with Crippen molar-refractivity contribution < 1.29 is 4.79 Å². The zero-order valence-electron chi connectivity index (χ0n) is 10.9. The Balaban J connectivity index is 2.40. The molecule has 1 aromatic rings. The van der Waals surface area contributed by atoms with Gasteiger partial charge in [0.2, 0.25) is 0 Å². The predicted molar refractivity (Wildman–Crippen MR) is 69.9 cm³/mol. The van der Waals surface area contributed by atoms with E-state index in [1.807, 2.05) is 18.7 Å². The molecule has 0 aliphatic carbocycles. The van der Waals surface area contributed by atoms with Crippen LogP contribution in [-0.2, 0) is 4.79 Å². The first-order valence-corrected chi connectivity index (χ1v) is 6.44. The molecule has 1 unspecified atom stereocenters. The fourth-order valence-corrected chi connectivity index (χ4v) is 2.38. The molecule has 1 aliphatic heterocycles. The van der Waals surface area contributed by atoms with Crippen LogP contribution in [0.5, 0.6) is 0 Å². The molecule has 0 N–H and O–H groups in total. The van der Waals surface area contributed by atoms with E-state index < -0.39 is 0 Å². The summed E-state index contributed by atoms with van der Waals surface area (Å²) in [6.45, 7) is 4.64. The Kier molecular flexibility index (Phi) is 3.79. The molecule has 0 saturated carbocycles. The minimum absolute atomic E-state index is 0.0960. The maximum Gasteiger partial charge on any atom is 0.293 e. The van der Waals surface area contributed by atoms with Crippen LogP contribution < -0.4 is 10.5 Å². The van der Waals surface area contributed by atoms with Gasteiger partial charge in [-0.3, -0.25) is 4.79 Å². The number of anilines is 1. The average Bonchev–Trinajstić information content (AvgIpc) is 2.38. The van der Waals surface area contributed by atoms with E-state index in [0.717, 1.165) is 32.1 Å². The fraction of sp³-hybridized carbons (Fsp3) is 0.615. The molecule has 0 spiro atoms. The normalized spacial score (nSPS) is 20.2. The first-order chi connectivity index (χ1) is 8.65. The van der Waals surface area contributed by atoms with Crippen molar-refractivity contribution in [1.29, 1.82) is 0 Å². The predicted octanol–water partition coefficient (Wildman–Crippen LogP) is 1.38. The zero-order valence-corrected chi connectivity index (χ0v) is 10.9. The van der Waals surface area contributed by atoms with Gasteiger partial charge in [0.05, 0.1) is 6.04 Å². The SMILES string of the molecule is CC(C)n1ccnc(N2CCCCC2C=O)c1=O. The molecule has 2 heterocycles. The third-order valence-electron chi connectivity index (χ3n) is 3.38. The standard InChI is InChI=1S/C13H19N3O2/c1-10(2)15-8-6-14-12(13(15)18)16-7-4-3-5-11(16)9-17/h6,8-11H,3-5,7H2,1-2H3. The molecule has 2 rings (SSSR count). The summed E-state index contributed by atoms with van der Waals surface area (Å²) in [5.74, 6) is 0.406. The highest BCUT2D eigenvalue weighted by molar-refractivity contribution is 5.64. The fourth-order valence-electron chi connectivity index (χ4n) is 2.38. The lowest BCUT2D eigenvalue weighted by Gasteiger charge is -2.32. The van der Waals surface area contributed by atoms with Gasteiger partial charge in [-0.25, -0.2) is 4.98 Å². The van der Waals surface area contributed by atoms with Gasteiger partial charge in [-0.1, -0.05) is 0 Å². The lowest BCUT2D eigenvalue weighted by Crippen LogP contribution is -2.44. The smallest absolute Gasteiger partial charge is 0.293 e. The van der Waals surface area contributed by atoms with Gasteiger partial charge < -0.3 is 14.3 Å². The van der Waals surface area contributed by atoms with E-state index in [-0.39, 0.29) is 17.6 Å². The quantitative estimate of drug-likeness (QED) is 0.759. The van der Waals surface area contributed by atoms with Gasteiger partial charge >= 0.3 is 0 Å². The van der Waals surface area contributed by atoms with Crippen LogP contribution in [-0.4, -0.2) is 28.4 Å². The maximum atomic E-state index is 12.3. The Morgan fingerprint density at radius 2 is 2.22 bits per heavy atom. The lowest BCUT2D eigenvalue weighted by atomic mass is 10.0. The van der Waals surface area contributed by atoms with Gasteiger partial charge in [0.25, 0.3) is 5.56 Å². The molecule has 98 valence electrons. The first-order valence-electron chi connectivity index (χ1n) is 6.44. The second-order valence-electron chi connectivity index (χ2n) is 4.95. The Hall–Kier alpha value is -1.65. The molecule has 0 radical (unpaired) electrons. The molecule has 0 aromatic carbocycles. The van der Waals surface area contributed by atoms with E-state index in [2.05, 4.69) is 4.98 Å². The summed E-state index contributed by atoms with van der Waals surface area (Å²) in [6, 6.07) is -0.110. The van der Waals surface area contributed by atoms with Crippen molar-refractivity contribution in [3.8, 4) is 0 Å². The summed E-state index contributed by atoms with van der Waals surface area (Å²) in [4.78, 5) is 29.4. The van der Waals surface area contributed by atoms with E-state index in [1.54, 1.807) is 17.0 Å². The van der Waals surface area contributed by atoms with E-state index in [1.165, 1.54) is 0 Å². The van der Waals surface area contributed by atoms with Crippen molar-refractivity contribution in [2.45, 2.75) is 45.2 Å². The van der Waals surface area contributed by atoms with Crippen LogP contribution in [0.25, 0.3) is 0 Å². The average molecular weight is 249 g/mol. The summed E-state index contributed by atoms with van der Waals surface area (Å²) in [5, 5.41) is 0. The van der Waals surface area contributed by atoms with E-state index >= 15 is 0 Å². The molecule has 1 saturated heterocycles. The number of aromatic nitrogens is 2. The summed E-state index contributed by atoms with van der Waals surface area (Å²) < 4.78 is 1.65. The number of carbonyl (C=O) groups is 1. The molecular formula is C13H19N3O2. The monoisotopic (exact) mass is 249 g/mol. The van der Waals surface area contributed by atoms with Crippen molar-refractivity contribution in [3.63, 3.8) is 0 Å². The maximum absolute atomic E-state index is 12.3. The van der Waals surface area contributed by atoms with Crippen molar-refractivity contribution in [1.82, 2.24) is 9.55 Å². The minimum atomic E-state index is -0.207. The van der Waals surface area contributed by atoms with Crippen LogP contribution in [0, 0.1) is 0 Å². The second kappa shape index (κ2) is 5.33. The van der Waals surface area contributed by atoms with Crippen molar-refractivity contribution in [2.24, 2.45) is 0 Å². The number of rotatable bonds is 3. The number of carbonyl (C=O) groups excluding carboxylic acids is 1. The molecule has 5 heteroatoms. The zero-order chi connectivity index (χ0) is 13.1. The van der Waals surface area contributed by atoms with Gasteiger partial charge in [-0.15, -0.1) is 0 Å². The number of aldehydes is 1. The van der Waals surface area contributed by atoms with Crippen molar-refractivity contribution in [2.75, 3.05) is 11.4 Å². The molecule has 18 heavy (non-hydrogen) atoms. The van der Waals surface area contributed by atoms with Crippen molar-refractivity contribution >= 4 is 12.1 Å². The molecule has 0 amide bonds. The second-order valence-corrected chi connectivity index (χ2v) is 4.95. The van der Waals surface area contributed by atoms with Crippen LogP contribution in [0.4, 0.5) is 5.82 Å². The molecule has 5 nitrogen and oxygen atoms in total. The first kappa shape index (κ1) is 12.8. The number of hydrogen-bond donors (Lipinski definition) is 0. The third kappa shape index (κ3) is 2.30. The van der Waals surface area contributed by atoms with Gasteiger partial charge in [-0.2, -0.15) is 0 Å². The van der Waals surface area contributed by atoms with E-state index in [0.29, 0.717) is 5.82 Å². The topological polar surface area (TPSA) is 55.2 Å². The van der Waals surface area contributed by atoms with Crippen LogP contribution in [0.15, 0.2) is 17.2 Å². The van der Waals surface area contributed by atoms with Crippen LogP contribution in [0.1, 0.15) is 39.2 Å². The molecule has 1 atom stereocenters. The highest BCUT2D eigenvalue weighted by atomic mass is 16.1.